The van der Waals surface area contributed by atoms with Crippen molar-refractivity contribution in [2.45, 2.75) is 39.0 Å². The number of amides is 2. The lowest BCUT2D eigenvalue weighted by Gasteiger charge is -2.20. The Balaban J connectivity index is 1.50. The third-order valence-corrected chi connectivity index (χ3v) is 4.80. The molecule has 0 aromatic heterocycles. The first-order valence-electron chi connectivity index (χ1n) is 9.01. The minimum Gasteiger partial charge on any atom is -0.494 e. The predicted molar refractivity (Wildman–Crippen MR) is 92.9 cm³/mol. The Morgan fingerprint density at radius 3 is 2.38 bits per heavy atom. The normalized spacial score (nSPS) is 23.3. The van der Waals surface area contributed by atoms with Gasteiger partial charge in [0.05, 0.1) is 18.4 Å². The third kappa shape index (κ3) is 4.08. The fourth-order valence-corrected chi connectivity index (χ4v) is 3.32. The first kappa shape index (κ1) is 16.8. The SMILES string of the molecule is CCOc1ccc(NC(=O)C2CC2C(=O)N2CCCCCC2)cc1. The fraction of sp³-hybridized carbons (Fsp3) is 0.579. The van der Waals surface area contributed by atoms with E-state index in [1.165, 1.54) is 12.8 Å². The summed E-state index contributed by atoms with van der Waals surface area (Å²) in [5.41, 5.74) is 0.747. The van der Waals surface area contributed by atoms with Crippen molar-refractivity contribution in [1.29, 1.82) is 0 Å². The van der Waals surface area contributed by atoms with Crippen LogP contribution >= 0.6 is 0 Å². The zero-order valence-corrected chi connectivity index (χ0v) is 14.3. The van der Waals surface area contributed by atoms with E-state index in [-0.39, 0.29) is 23.7 Å². The van der Waals surface area contributed by atoms with Crippen LogP contribution in [0.4, 0.5) is 5.69 Å². The van der Waals surface area contributed by atoms with Crippen LogP contribution in [0.5, 0.6) is 5.75 Å². The molecule has 1 saturated heterocycles. The van der Waals surface area contributed by atoms with Crippen LogP contribution in [0.2, 0.25) is 0 Å². The van der Waals surface area contributed by atoms with Gasteiger partial charge in [-0.2, -0.15) is 0 Å². The predicted octanol–water partition coefficient (Wildman–Crippen LogP) is 3.06. The lowest BCUT2D eigenvalue weighted by molar-refractivity contribution is -0.134. The molecular formula is C19H26N2O3. The maximum absolute atomic E-state index is 12.5. The molecule has 130 valence electrons. The summed E-state index contributed by atoms with van der Waals surface area (Å²) in [6, 6.07) is 7.34. The van der Waals surface area contributed by atoms with Crippen molar-refractivity contribution in [2.75, 3.05) is 25.0 Å². The quantitative estimate of drug-likeness (QED) is 0.902. The molecule has 1 N–H and O–H groups in total. The van der Waals surface area contributed by atoms with Gasteiger partial charge in [0.2, 0.25) is 11.8 Å². The van der Waals surface area contributed by atoms with Crippen molar-refractivity contribution in [3.63, 3.8) is 0 Å². The minimum absolute atomic E-state index is 0.0488. The van der Waals surface area contributed by atoms with Gasteiger partial charge in [0, 0.05) is 18.8 Å². The molecule has 0 bridgehead atoms. The largest absolute Gasteiger partial charge is 0.494 e. The Labute approximate surface area is 143 Å². The number of hydrogen-bond donors (Lipinski definition) is 1. The Kier molecular flexibility index (Phi) is 5.38. The molecule has 2 aliphatic rings. The minimum atomic E-state index is -0.174. The summed E-state index contributed by atoms with van der Waals surface area (Å²) in [5, 5.41) is 2.91. The van der Waals surface area contributed by atoms with Crippen LogP contribution < -0.4 is 10.1 Å². The standard InChI is InChI=1S/C19H26N2O3/c1-2-24-15-9-7-14(8-10-15)20-18(22)16-13-17(16)19(23)21-11-5-3-4-6-12-21/h7-10,16-17H,2-6,11-13H2,1H3,(H,20,22). The van der Waals surface area contributed by atoms with Gasteiger partial charge in [-0.15, -0.1) is 0 Å². The van der Waals surface area contributed by atoms with E-state index >= 15 is 0 Å². The molecule has 2 atom stereocenters. The van der Waals surface area contributed by atoms with E-state index in [0.717, 1.165) is 37.4 Å². The van der Waals surface area contributed by atoms with E-state index < -0.39 is 0 Å². The summed E-state index contributed by atoms with van der Waals surface area (Å²) in [5.74, 6) is 0.616. The highest BCUT2D eigenvalue weighted by atomic mass is 16.5. The molecule has 24 heavy (non-hydrogen) atoms. The summed E-state index contributed by atoms with van der Waals surface area (Å²) in [6.45, 7) is 4.25. The van der Waals surface area contributed by atoms with Crippen LogP contribution in [0.15, 0.2) is 24.3 Å². The van der Waals surface area contributed by atoms with Gasteiger partial charge in [-0.1, -0.05) is 12.8 Å². The Bertz CT molecular complexity index is 577. The number of rotatable bonds is 5. The number of anilines is 1. The van der Waals surface area contributed by atoms with Crippen LogP contribution in [0.3, 0.4) is 0 Å². The van der Waals surface area contributed by atoms with Crippen LogP contribution in [0.1, 0.15) is 39.0 Å². The molecule has 3 rings (SSSR count). The maximum Gasteiger partial charge on any atom is 0.228 e. The molecule has 1 aliphatic heterocycles. The van der Waals surface area contributed by atoms with E-state index in [2.05, 4.69) is 5.32 Å². The molecule has 1 aromatic rings. The van der Waals surface area contributed by atoms with Crippen molar-refractivity contribution in [1.82, 2.24) is 4.90 Å². The molecule has 1 heterocycles. The smallest absolute Gasteiger partial charge is 0.228 e. The van der Waals surface area contributed by atoms with Crippen molar-refractivity contribution in [2.24, 2.45) is 11.8 Å². The van der Waals surface area contributed by atoms with Gasteiger partial charge in [0.25, 0.3) is 0 Å². The maximum atomic E-state index is 12.5. The Hall–Kier alpha value is -2.04. The Morgan fingerprint density at radius 1 is 1.08 bits per heavy atom. The number of benzene rings is 1. The van der Waals surface area contributed by atoms with Gasteiger partial charge in [0.15, 0.2) is 0 Å². The summed E-state index contributed by atoms with van der Waals surface area (Å²) >= 11 is 0. The lowest BCUT2D eigenvalue weighted by atomic mass is 10.2. The highest BCUT2D eigenvalue weighted by molar-refractivity contribution is 5.99. The molecule has 0 spiro atoms. The fourth-order valence-electron chi connectivity index (χ4n) is 3.32. The first-order valence-corrected chi connectivity index (χ1v) is 9.01. The van der Waals surface area contributed by atoms with E-state index in [9.17, 15) is 9.59 Å². The molecular weight excluding hydrogens is 304 g/mol. The van der Waals surface area contributed by atoms with E-state index in [4.69, 9.17) is 4.74 Å². The van der Waals surface area contributed by atoms with Crippen LogP contribution in [-0.4, -0.2) is 36.4 Å². The monoisotopic (exact) mass is 330 g/mol. The van der Waals surface area contributed by atoms with Crippen molar-refractivity contribution in [3.8, 4) is 5.75 Å². The number of hydrogen-bond acceptors (Lipinski definition) is 3. The van der Waals surface area contributed by atoms with Crippen LogP contribution in [-0.2, 0) is 9.59 Å². The zero-order valence-electron chi connectivity index (χ0n) is 14.3. The first-order chi connectivity index (χ1) is 11.7. The van der Waals surface area contributed by atoms with Gasteiger partial charge < -0.3 is 15.0 Å². The second-order valence-electron chi connectivity index (χ2n) is 6.63. The van der Waals surface area contributed by atoms with Crippen molar-refractivity contribution < 1.29 is 14.3 Å². The molecule has 1 saturated carbocycles. The number of likely N-dealkylation sites (tertiary alicyclic amines) is 1. The van der Waals surface area contributed by atoms with Crippen molar-refractivity contribution in [3.05, 3.63) is 24.3 Å². The summed E-state index contributed by atoms with van der Waals surface area (Å²) < 4.78 is 5.39. The van der Waals surface area contributed by atoms with Gasteiger partial charge in [-0.3, -0.25) is 9.59 Å². The molecule has 2 fully saturated rings. The number of carbonyl (C=O) groups is 2. The molecule has 1 aliphatic carbocycles. The lowest BCUT2D eigenvalue weighted by Crippen LogP contribution is -2.34. The highest BCUT2D eigenvalue weighted by Crippen LogP contribution is 2.41. The average molecular weight is 330 g/mol. The van der Waals surface area contributed by atoms with Gasteiger partial charge in [-0.25, -0.2) is 0 Å². The van der Waals surface area contributed by atoms with E-state index in [1.807, 2.05) is 36.1 Å². The summed E-state index contributed by atoms with van der Waals surface area (Å²) in [6.07, 6.45) is 5.26. The van der Waals surface area contributed by atoms with Gasteiger partial charge >= 0.3 is 0 Å². The highest BCUT2D eigenvalue weighted by Gasteiger charge is 2.49. The van der Waals surface area contributed by atoms with Crippen LogP contribution in [0, 0.1) is 11.8 Å². The van der Waals surface area contributed by atoms with E-state index in [1.54, 1.807) is 0 Å². The topological polar surface area (TPSA) is 58.6 Å². The van der Waals surface area contributed by atoms with Crippen LogP contribution in [0.25, 0.3) is 0 Å². The third-order valence-electron chi connectivity index (χ3n) is 4.80. The molecule has 5 nitrogen and oxygen atoms in total. The zero-order chi connectivity index (χ0) is 16.9. The summed E-state index contributed by atoms with van der Waals surface area (Å²) in [4.78, 5) is 26.8. The van der Waals surface area contributed by atoms with Gasteiger partial charge in [-0.05, 0) is 50.5 Å². The Morgan fingerprint density at radius 2 is 1.75 bits per heavy atom. The number of nitrogens with zero attached hydrogens (tertiary/aromatic N) is 1. The van der Waals surface area contributed by atoms with E-state index in [0.29, 0.717) is 13.0 Å². The number of carbonyl (C=O) groups excluding carboxylic acids is 2. The van der Waals surface area contributed by atoms with Crippen molar-refractivity contribution >= 4 is 17.5 Å². The molecule has 2 unspecified atom stereocenters. The van der Waals surface area contributed by atoms with Gasteiger partial charge in [0.1, 0.15) is 5.75 Å². The summed E-state index contributed by atoms with van der Waals surface area (Å²) in [7, 11) is 0. The molecule has 2 amide bonds. The number of nitrogens with one attached hydrogen (secondary N) is 1. The second-order valence-corrected chi connectivity index (χ2v) is 6.63. The number of ether oxygens (including phenoxy) is 1. The molecule has 1 aromatic carbocycles. The average Bonchev–Trinajstić information content (AvgIpc) is 3.40. The molecule has 5 heteroatoms. The second kappa shape index (κ2) is 7.69. The molecule has 0 radical (unpaired) electrons.